The Labute approximate surface area is 157 Å². The molecule has 0 unspecified atom stereocenters. The van der Waals surface area contributed by atoms with Gasteiger partial charge in [-0.25, -0.2) is 0 Å². The number of hydrogen-bond acceptors (Lipinski definition) is 7. The molecule has 2 aromatic heterocycles. The average molecular weight is 367 g/mol. The van der Waals surface area contributed by atoms with Crippen molar-refractivity contribution in [3.63, 3.8) is 0 Å². The number of hydrogen-bond donors (Lipinski definition) is 3. The summed E-state index contributed by atoms with van der Waals surface area (Å²) in [5.74, 6) is 1.99. The number of anilines is 3. The number of benzene rings is 1. The zero-order valence-electron chi connectivity index (χ0n) is 15.4. The quantitative estimate of drug-likeness (QED) is 0.635. The Bertz CT molecular complexity index is 914. The van der Waals surface area contributed by atoms with E-state index in [-0.39, 0.29) is 5.95 Å². The van der Waals surface area contributed by atoms with Crippen LogP contribution in [0.2, 0.25) is 0 Å². The fourth-order valence-electron chi connectivity index (χ4n) is 3.55. The number of aromatic nitrogens is 4. The lowest BCUT2D eigenvalue weighted by molar-refractivity contribution is 0.340. The van der Waals surface area contributed by atoms with E-state index in [1.54, 1.807) is 4.52 Å². The lowest BCUT2D eigenvalue weighted by Crippen LogP contribution is -2.25. The standard InChI is InChI=1S/C19H25N7O/c1-2-27-15-9-7-14(8-10-15)22-19-24-18(21)23-17-11-16(25-26(17)19)12-3-5-13(20)6-4-12/h7-13H,2-6,20H2,1H3,(H3,21,22,23,24)/t12-,13-. The van der Waals surface area contributed by atoms with E-state index in [4.69, 9.17) is 21.3 Å². The maximum Gasteiger partial charge on any atom is 0.233 e. The summed E-state index contributed by atoms with van der Waals surface area (Å²) in [5.41, 5.74) is 14.5. The molecule has 0 bridgehead atoms. The number of rotatable bonds is 5. The van der Waals surface area contributed by atoms with Gasteiger partial charge in [0.25, 0.3) is 0 Å². The van der Waals surface area contributed by atoms with E-state index < -0.39 is 0 Å². The molecule has 8 nitrogen and oxygen atoms in total. The molecule has 5 N–H and O–H groups in total. The smallest absolute Gasteiger partial charge is 0.233 e. The van der Waals surface area contributed by atoms with E-state index in [0.29, 0.717) is 30.2 Å². The molecule has 0 radical (unpaired) electrons. The van der Waals surface area contributed by atoms with E-state index in [0.717, 1.165) is 42.8 Å². The molecule has 0 atom stereocenters. The summed E-state index contributed by atoms with van der Waals surface area (Å²) < 4.78 is 7.20. The molecule has 1 aliphatic carbocycles. The van der Waals surface area contributed by atoms with Crippen LogP contribution in [0.15, 0.2) is 30.3 Å². The Morgan fingerprint density at radius 2 is 1.89 bits per heavy atom. The van der Waals surface area contributed by atoms with Gasteiger partial charge in [0.1, 0.15) is 5.75 Å². The van der Waals surface area contributed by atoms with Gasteiger partial charge in [0, 0.05) is 23.7 Å². The summed E-state index contributed by atoms with van der Waals surface area (Å²) in [4.78, 5) is 8.66. The summed E-state index contributed by atoms with van der Waals surface area (Å²) >= 11 is 0. The van der Waals surface area contributed by atoms with Crippen LogP contribution < -0.4 is 21.5 Å². The van der Waals surface area contributed by atoms with Crippen molar-refractivity contribution in [2.45, 2.75) is 44.6 Å². The fourth-order valence-corrected chi connectivity index (χ4v) is 3.55. The second-order valence-corrected chi connectivity index (χ2v) is 6.94. The molecule has 27 heavy (non-hydrogen) atoms. The van der Waals surface area contributed by atoms with Gasteiger partial charge >= 0.3 is 0 Å². The van der Waals surface area contributed by atoms with Gasteiger partial charge in [0.2, 0.25) is 11.9 Å². The van der Waals surface area contributed by atoms with Crippen molar-refractivity contribution in [2.24, 2.45) is 5.73 Å². The predicted octanol–water partition coefficient (Wildman–Crippen LogP) is 2.83. The summed E-state index contributed by atoms with van der Waals surface area (Å²) in [6.45, 7) is 2.60. The third-order valence-corrected chi connectivity index (χ3v) is 4.97. The molecule has 1 fully saturated rings. The second kappa shape index (κ2) is 7.40. The summed E-state index contributed by atoms with van der Waals surface area (Å²) in [5, 5.41) is 8.03. The van der Waals surface area contributed by atoms with Crippen molar-refractivity contribution in [2.75, 3.05) is 17.7 Å². The Kier molecular flexibility index (Phi) is 4.81. The van der Waals surface area contributed by atoms with Gasteiger partial charge in [-0.15, -0.1) is 0 Å². The van der Waals surface area contributed by atoms with Crippen LogP contribution in [-0.4, -0.2) is 32.2 Å². The van der Waals surface area contributed by atoms with E-state index in [9.17, 15) is 0 Å². The highest BCUT2D eigenvalue weighted by atomic mass is 16.5. The predicted molar refractivity (Wildman–Crippen MR) is 105 cm³/mol. The van der Waals surface area contributed by atoms with Crippen molar-refractivity contribution < 1.29 is 4.74 Å². The number of ether oxygens (including phenoxy) is 1. The molecule has 0 amide bonds. The van der Waals surface area contributed by atoms with Crippen LogP contribution >= 0.6 is 0 Å². The Morgan fingerprint density at radius 1 is 1.15 bits per heavy atom. The third kappa shape index (κ3) is 3.80. The maximum atomic E-state index is 6.03. The van der Waals surface area contributed by atoms with Crippen LogP contribution in [0.4, 0.5) is 17.6 Å². The Hall–Kier alpha value is -2.87. The highest BCUT2D eigenvalue weighted by molar-refractivity contribution is 5.59. The van der Waals surface area contributed by atoms with Gasteiger partial charge in [0.15, 0.2) is 5.65 Å². The first-order valence-electron chi connectivity index (χ1n) is 9.41. The van der Waals surface area contributed by atoms with Crippen LogP contribution in [0.25, 0.3) is 5.65 Å². The minimum atomic E-state index is 0.216. The number of nitrogens with zero attached hydrogens (tertiary/aromatic N) is 4. The molecule has 0 aliphatic heterocycles. The first kappa shape index (κ1) is 17.5. The molecule has 0 spiro atoms. The summed E-state index contributed by atoms with van der Waals surface area (Å²) in [7, 11) is 0. The van der Waals surface area contributed by atoms with Gasteiger partial charge in [0.05, 0.1) is 12.3 Å². The molecular formula is C19H25N7O. The molecule has 4 rings (SSSR count). The Balaban J connectivity index is 1.62. The molecular weight excluding hydrogens is 342 g/mol. The molecule has 1 saturated carbocycles. The monoisotopic (exact) mass is 367 g/mol. The fraction of sp³-hybridized carbons (Fsp3) is 0.421. The molecule has 1 aromatic carbocycles. The largest absolute Gasteiger partial charge is 0.494 e. The maximum absolute atomic E-state index is 6.03. The zero-order chi connectivity index (χ0) is 18.8. The first-order chi connectivity index (χ1) is 13.1. The van der Waals surface area contributed by atoms with Crippen molar-refractivity contribution >= 4 is 23.2 Å². The molecule has 8 heteroatoms. The zero-order valence-corrected chi connectivity index (χ0v) is 15.4. The Morgan fingerprint density at radius 3 is 2.59 bits per heavy atom. The number of nitrogens with two attached hydrogens (primary N) is 2. The van der Waals surface area contributed by atoms with Crippen molar-refractivity contribution in [3.05, 3.63) is 36.0 Å². The minimum Gasteiger partial charge on any atom is -0.494 e. The topological polar surface area (TPSA) is 116 Å². The van der Waals surface area contributed by atoms with E-state index in [2.05, 4.69) is 15.3 Å². The molecule has 1 aliphatic rings. The van der Waals surface area contributed by atoms with E-state index in [1.165, 1.54) is 0 Å². The lowest BCUT2D eigenvalue weighted by atomic mass is 9.84. The average Bonchev–Trinajstić information content (AvgIpc) is 3.08. The van der Waals surface area contributed by atoms with Gasteiger partial charge in [-0.2, -0.15) is 19.6 Å². The number of nitrogen functional groups attached to an aromatic ring is 1. The van der Waals surface area contributed by atoms with Crippen LogP contribution in [0.1, 0.15) is 44.2 Å². The van der Waals surface area contributed by atoms with Crippen LogP contribution in [0.5, 0.6) is 5.75 Å². The third-order valence-electron chi connectivity index (χ3n) is 4.97. The molecule has 142 valence electrons. The number of nitrogens with one attached hydrogen (secondary N) is 1. The van der Waals surface area contributed by atoms with E-state index in [1.807, 2.05) is 37.3 Å². The van der Waals surface area contributed by atoms with Gasteiger partial charge < -0.3 is 21.5 Å². The van der Waals surface area contributed by atoms with Crippen LogP contribution in [-0.2, 0) is 0 Å². The highest BCUT2D eigenvalue weighted by Gasteiger charge is 2.23. The molecule has 3 aromatic rings. The van der Waals surface area contributed by atoms with Crippen molar-refractivity contribution in [1.29, 1.82) is 0 Å². The minimum absolute atomic E-state index is 0.216. The summed E-state index contributed by atoms with van der Waals surface area (Å²) in [6, 6.07) is 10.00. The van der Waals surface area contributed by atoms with Gasteiger partial charge in [-0.1, -0.05) is 0 Å². The van der Waals surface area contributed by atoms with E-state index >= 15 is 0 Å². The van der Waals surface area contributed by atoms with Crippen LogP contribution in [0.3, 0.4) is 0 Å². The van der Waals surface area contributed by atoms with Crippen molar-refractivity contribution in [1.82, 2.24) is 19.6 Å². The molecule has 2 heterocycles. The van der Waals surface area contributed by atoms with Crippen molar-refractivity contribution in [3.8, 4) is 5.75 Å². The first-order valence-corrected chi connectivity index (χ1v) is 9.41. The van der Waals surface area contributed by atoms with Gasteiger partial charge in [-0.05, 0) is 56.9 Å². The normalized spacial score (nSPS) is 19.9. The van der Waals surface area contributed by atoms with Crippen LogP contribution in [0, 0.1) is 0 Å². The molecule has 0 saturated heterocycles. The van der Waals surface area contributed by atoms with Gasteiger partial charge in [-0.3, -0.25) is 0 Å². The lowest BCUT2D eigenvalue weighted by Gasteiger charge is -2.24. The highest BCUT2D eigenvalue weighted by Crippen LogP contribution is 2.32. The second-order valence-electron chi connectivity index (χ2n) is 6.94. The summed E-state index contributed by atoms with van der Waals surface area (Å²) in [6.07, 6.45) is 4.17. The number of fused-ring (bicyclic) bond motifs is 1. The SMILES string of the molecule is CCOc1ccc(Nc2nc(N)nc3cc([C@H]4CC[C@H](N)CC4)nn23)cc1.